The molecule has 0 aliphatic carbocycles. The molecular weight excluding hydrogens is 270 g/mol. The highest BCUT2D eigenvalue weighted by atomic mass is 16.5. The van der Waals surface area contributed by atoms with Crippen molar-refractivity contribution in [3.05, 3.63) is 29.8 Å². The highest BCUT2D eigenvalue weighted by molar-refractivity contribution is 5.84. The summed E-state index contributed by atoms with van der Waals surface area (Å²) in [5, 5.41) is 2.42. The van der Waals surface area contributed by atoms with Gasteiger partial charge in [0.2, 0.25) is 11.8 Å². The van der Waals surface area contributed by atoms with Gasteiger partial charge in [0.25, 0.3) is 0 Å². The van der Waals surface area contributed by atoms with E-state index in [1.807, 2.05) is 18.2 Å². The van der Waals surface area contributed by atoms with Crippen molar-refractivity contribution < 1.29 is 14.3 Å². The Morgan fingerprint density at radius 3 is 2.95 bits per heavy atom. The molecule has 0 fully saturated rings. The van der Waals surface area contributed by atoms with E-state index in [4.69, 9.17) is 10.5 Å². The summed E-state index contributed by atoms with van der Waals surface area (Å²) in [5.74, 6) is -0.895. The number of carbonyl (C=O) groups excluding carboxylic acids is 2. The molecule has 0 radical (unpaired) electrons. The highest BCUT2D eigenvalue weighted by Gasteiger charge is 2.22. The zero-order valence-electron chi connectivity index (χ0n) is 12.2. The number of nitrogens with one attached hydrogen (secondary N) is 1. The van der Waals surface area contributed by atoms with Crippen LogP contribution in [0, 0.1) is 0 Å². The highest BCUT2D eigenvalue weighted by Crippen LogP contribution is 2.34. The van der Waals surface area contributed by atoms with E-state index in [1.54, 1.807) is 0 Å². The van der Waals surface area contributed by atoms with Crippen molar-refractivity contribution in [2.45, 2.75) is 18.9 Å². The summed E-state index contributed by atoms with van der Waals surface area (Å²) in [4.78, 5) is 24.4. The second kappa shape index (κ2) is 7.08. The van der Waals surface area contributed by atoms with Gasteiger partial charge in [-0.25, -0.2) is 0 Å². The smallest absolute Gasteiger partial charge is 0.246 e. The molecule has 21 heavy (non-hydrogen) atoms. The van der Waals surface area contributed by atoms with Gasteiger partial charge in [-0.2, -0.15) is 0 Å². The third kappa shape index (κ3) is 4.19. The first-order valence-electron chi connectivity index (χ1n) is 7.04. The molecule has 0 bridgehead atoms. The number of rotatable bonds is 5. The lowest BCUT2D eigenvalue weighted by Crippen LogP contribution is -2.35. The van der Waals surface area contributed by atoms with Gasteiger partial charge >= 0.3 is 0 Å². The summed E-state index contributed by atoms with van der Waals surface area (Å²) in [6, 6.07) is 8.06. The molecule has 1 heterocycles. The number of hydrogen-bond donors (Lipinski definition) is 2. The molecule has 6 heteroatoms. The molecule has 1 aromatic carbocycles. The number of primary amides is 1. The Morgan fingerprint density at radius 2 is 2.19 bits per heavy atom. The quantitative estimate of drug-likeness (QED) is 0.831. The number of carbonyl (C=O) groups is 2. The molecule has 0 spiro atoms. The Labute approximate surface area is 124 Å². The first kappa shape index (κ1) is 15.3. The molecule has 1 aliphatic heterocycles. The van der Waals surface area contributed by atoms with Crippen LogP contribution in [0.3, 0.4) is 0 Å². The van der Waals surface area contributed by atoms with Crippen LogP contribution < -0.4 is 16.0 Å². The molecule has 0 aromatic heterocycles. The van der Waals surface area contributed by atoms with Crippen LogP contribution in [0.4, 0.5) is 5.69 Å². The Balaban J connectivity index is 1.98. The molecule has 114 valence electrons. The van der Waals surface area contributed by atoms with Gasteiger partial charge in [-0.1, -0.05) is 18.2 Å². The monoisotopic (exact) mass is 291 g/mol. The lowest BCUT2D eigenvalue weighted by molar-refractivity contribution is -0.130. The fraction of sp³-hybridized carbons (Fsp3) is 0.467. The first-order chi connectivity index (χ1) is 10.1. The fourth-order valence-electron chi connectivity index (χ4n) is 2.48. The van der Waals surface area contributed by atoms with Crippen molar-refractivity contribution in [3.8, 4) is 0 Å². The summed E-state index contributed by atoms with van der Waals surface area (Å²) in [5.41, 5.74) is 7.21. The minimum Gasteiger partial charge on any atom is -0.374 e. The number of para-hydroxylation sites is 1. The first-order valence-corrected chi connectivity index (χ1v) is 7.04. The summed E-state index contributed by atoms with van der Waals surface area (Å²) < 4.78 is 5.74. The van der Waals surface area contributed by atoms with Gasteiger partial charge in [0, 0.05) is 24.8 Å². The van der Waals surface area contributed by atoms with Crippen LogP contribution in [-0.2, 0) is 14.3 Å². The Morgan fingerprint density at radius 1 is 1.43 bits per heavy atom. The van der Waals surface area contributed by atoms with Crippen LogP contribution in [0.25, 0.3) is 0 Å². The number of hydrogen-bond acceptors (Lipinski definition) is 4. The van der Waals surface area contributed by atoms with E-state index in [1.165, 1.54) is 0 Å². The van der Waals surface area contributed by atoms with Gasteiger partial charge < -0.3 is 20.7 Å². The third-order valence-electron chi connectivity index (χ3n) is 3.53. The predicted molar refractivity (Wildman–Crippen MR) is 79.8 cm³/mol. The van der Waals surface area contributed by atoms with Crippen LogP contribution in [-0.4, -0.2) is 38.6 Å². The van der Waals surface area contributed by atoms with Gasteiger partial charge in [-0.3, -0.25) is 9.59 Å². The van der Waals surface area contributed by atoms with Crippen molar-refractivity contribution in [1.82, 2.24) is 5.32 Å². The molecule has 2 rings (SSSR count). The maximum Gasteiger partial charge on any atom is 0.246 e. The molecule has 3 N–H and O–H groups in total. The van der Waals surface area contributed by atoms with Crippen molar-refractivity contribution in [3.63, 3.8) is 0 Å². The van der Waals surface area contributed by atoms with Crippen LogP contribution >= 0.6 is 0 Å². The van der Waals surface area contributed by atoms with Crippen LogP contribution in [0.2, 0.25) is 0 Å². The fourth-order valence-corrected chi connectivity index (χ4v) is 2.48. The second-order valence-electron chi connectivity index (χ2n) is 5.17. The number of nitrogens with two attached hydrogens (primary N) is 1. The molecule has 1 atom stereocenters. The predicted octanol–water partition coefficient (Wildman–Crippen LogP) is 0.576. The summed E-state index contributed by atoms with van der Waals surface area (Å²) in [6.07, 6.45) is 1.76. The van der Waals surface area contributed by atoms with Crippen molar-refractivity contribution in [2.24, 2.45) is 5.73 Å². The lowest BCUT2D eigenvalue weighted by atomic mass is 10.0. The van der Waals surface area contributed by atoms with Gasteiger partial charge in [0.1, 0.15) is 6.61 Å². The Kier molecular flexibility index (Phi) is 5.16. The van der Waals surface area contributed by atoms with E-state index in [0.29, 0.717) is 0 Å². The maximum atomic E-state index is 11.6. The van der Waals surface area contributed by atoms with Gasteiger partial charge in [-0.15, -0.1) is 0 Å². The Bertz CT molecular complexity index is 519. The van der Waals surface area contributed by atoms with Crippen LogP contribution in [0.1, 0.15) is 24.5 Å². The SMILES string of the molecule is CN1CCCC(OCC(=O)NCC(N)=O)c2ccccc21. The number of amides is 2. The van der Waals surface area contributed by atoms with E-state index >= 15 is 0 Å². The third-order valence-corrected chi connectivity index (χ3v) is 3.53. The van der Waals surface area contributed by atoms with E-state index in [0.717, 1.165) is 30.6 Å². The van der Waals surface area contributed by atoms with Gasteiger partial charge in [0.05, 0.1) is 12.6 Å². The summed E-state index contributed by atoms with van der Waals surface area (Å²) >= 11 is 0. The molecule has 1 aliphatic rings. The molecule has 2 amide bonds. The molecular formula is C15H21N3O3. The zero-order chi connectivity index (χ0) is 15.2. The van der Waals surface area contributed by atoms with Crippen molar-refractivity contribution >= 4 is 17.5 Å². The zero-order valence-corrected chi connectivity index (χ0v) is 12.2. The Hall–Kier alpha value is -2.08. The van der Waals surface area contributed by atoms with E-state index in [-0.39, 0.29) is 25.2 Å². The van der Waals surface area contributed by atoms with E-state index in [2.05, 4.69) is 23.3 Å². The molecule has 1 unspecified atom stereocenters. The maximum absolute atomic E-state index is 11.6. The average Bonchev–Trinajstić information content (AvgIpc) is 2.63. The van der Waals surface area contributed by atoms with Crippen molar-refractivity contribution in [2.75, 3.05) is 31.6 Å². The van der Waals surface area contributed by atoms with Crippen LogP contribution in [0.15, 0.2) is 24.3 Å². The number of fused-ring (bicyclic) bond motifs is 1. The minimum atomic E-state index is -0.565. The van der Waals surface area contributed by atoms with Crippen LogP contribution in [0.5, 0.6) is 0 Å². The number of nitrogens with zero attached hydrogens (tertiary/aromatic N) is 1. The lowest BCUT2D eigenvalue weighted by Gasteiger charge is -2.21. The minimum absolute atomic E-state index is 0.0734. The number of anilines is 1. The second-order valence-corrected chi connectivity index (χ2v) is 5.17. The normalized spacial score (nSPS) is 17.8. The molecule has 0 saturated carbocycles. The number of benzene rings is 1. The molecule has 1 aromatic rings. The largest absolute Gasteiger partial charge is 0.374 e. The van der Waals surface area contributed by atoms with E-state index < -0.39 is 5.91 Å². The average molecular weight is 291 g/mol. The molecule has 0 saturated heterocycles. The van der Waals surface area contributed by atoms with Gasteiger partial charge in [0.15, 0.2) is 0 Å². The number of ether oxygens (including phenoxy) is 1. The summed E-state index contributed by atoms with van der Waals surface area (Å²) in [6.45, 7) is 0.729. The standard InChI is InChI=1S/C15H21N3O3/c1-18-8-4-7-13(11-5-2-3-6-12(11)18)21-10-15(20)17-9-14(16)19/h2-3,5-6,13H,4,7-10H2,1H3,(H2,16,19)(H,17,20). The molecule has 6 nitrogen and oxygen atoms in total. The summed E-state index contributed by atoms with van der Waals surface area (Å²) in [7, 11) is 2.06. The topological polar surface area (TPSA) is 84.7 Å². The van der Waals surface area contributed by atoms with Crippen molar-refractivity contribution in [1.29, 1.82) is 0 Å². The van der Waals surface area contributed by atoms with Gasteiger partial charge in [-0.05, 0) is 18.9 Å². The van der Waals surface area contributed by atoms with E-state index in [9.17, 15) is 9.59 Å².